The SMILES string of the molecule is O=C(CNC(=O)c1cccc(C(F)(F)F)c1)N[C@@H]1CCN(C2CCC(O)(CCCCc3ccns3)CC2)C1. The van der Waals surface area contributed by atoms with Gasteiger partial charge in [0.15, 0.2) is 0 Å². The molecule has 2 aromatic rings. The lowest BCUT2D eigenvalue weighted by Crippen LogP contribution is -2.46. The smallest absolute Gasteiger partial charge is 0.390 e. The van der Waals surface area contributed by atoms with Crippen LogP contribution in [0.1, 0.15) is 72.2 Å². The molecule has 1 aliphatic heterocycles. The molecule has 0 spiro atoms. The first kappa shape index (κ1) is 28.5. The van der Waals surface area contributed by atoms with Crippen LogP contribution in [0.4, 0.5) is 13.2 Å². The number of nitrogens with one attached hydrogen (secondary N) is 2. The highest BCUT2D eigenvalue weighted by Crippen LogP contribution is 2.36. The zero-order valence-corrected chi connectivity index (χ0v) is 22.1. The van der Waals surface area contributed by atoms with Crippen molar-refractivity contribution in [3.05, 3.63) is 52.5 Å². The van der Waals surface area contributed by atoms with Gasteiger partial charge in [-0.15, -0.1) is 0 Å². The van der Waals surface area contributed by atoms with Crippen molar-refractivity contribution >= 4 is 23.3 Å². The Labute approximate surface area is 225 Å². The number of aryl methyl sites for hydroxylation is 1. The highest BCUT2D eigenvalue weighted by Gasteiger charge is 2.37. The molecule has 0 radical (unpaired) electrons. The van der Waals surface area contributed by atoms with E-state index < -0.39 is 23.2 Å². The molecule has 1 aromatic carbocycles. The van der Waals surface area contributed by atoms with Crippen molar-refractivity contribution in [1.82, 2.24) is 19.9 Å². The molecule has 1 saturated heterocycles. The van der Waals surface area contributed by atoms with E-state index in [0.29, 0.717) is 12.6 Å². The summed E-state index contributed by atoms with van der Waals surface area (Å²) < 4.78 is 42.7. The minimum atomic E-state index is -4.54. The van der Waals surface area contributed by atoms with Gasteiger partial charge in [-0.2, -0.15) is 13.2 Å². The van der Waals surface area contributed by atoms with Gasteiger partial charge in [0.25, 0.3) is 5.91 Å². The third-order valence-electron chi connectivity index (χ3n) is 7.66. The summed E-state index contributed by atoms with van der Waals surface area (Å²) in [6, 6.07) is 6.51. The van der Waals surface area contributed by atoms with Crippen LogP contribution >= 0.6 is 11.5 Å². The van der Waals surface area contributed by atoms with E-state index in [2.05, 4.69) is 19.9 Å². The Kier molecular flexibility index (Phi) is 9.43. The zero-order valence-electron chi connectivity index (χ0n) is 21.3. The van der Waals surface area contributed by atoms with Gasteiger partial charge in [0.05, 0.1) is 17.7 Å². The van der Waals surface area contributed by atoms with Gasteiger partial charge in [0.1, 0.15) is 0 Å². The number of amides is 2. The third kappa shape index (κ3) is 8.00. The van der Waals surface area contributed by atoms with Crippen LogP contribution in [0.15, 0.2) is 36.5 Å². The molecule has 1 aliphatic carbocycles. The summed E-state index contributed by atoms with van der Waals surface area (Å²) in [7, 11) is 0. The van der Waals surface area contributed by atoms with Gasteiger partial charge in [-0.25, -0.2) is 4.37 Å². The van der Waals surface area contributed by atoms with Gasteiger partial charge in [-0.1, -0.05) is 12.5 Å². The van der Waals surface area contributed by atoms with E-state index in [9.17, 15) is 27.9 Å². The number of hydrogen-bond donors (Lipinski definition) is 3. The van der Waals surface area contributed by atoms with Crippen molar-refractivity contribution in [2.45, 2.75) is 81.6 Å². The Balaban J connectivity index is 1.13. The number of aliphatic hydroxyl groups is 1. The van der Waals surface area contributed by atoms with Crippen molar-refractivity contribution in [2.75, 3.05) is 19.6 Å². The Bertz CT molecular complexity index is 1070. The van der Waals surface area contributed by atoms with E-state index >= 15 is 0 Å². The molecule has 2 fully saturated rings. The molecule has 2 aliphatic rings. The van der Waals surface area contributed by atoms with E-state index in [1.54, 1.807) is 0 Å². The van der Waals surface area contributed by atoms with E-state index in [0.717, 1.165) is 76.5 Å². The van der Waals surface area contributed by atoms with Crippen molar-refractivity contribution in [3.63, 3.8) is 0 Å². The number of nitrogens with zero attached hydrogens (tertiary/aromatic N) is 2. The monoisotopic (exact) mass is 552 g/mol. The second kappa shape index (κ2) is 12.6. The van der Waals surface area contributed by atoms with Gasteiger partial charge in [0.2, 0.25) is 5.91 Å². The number of unbranched alkanes of at least 4 members (excludes halogenated alkanes) is 1. The standard InChI is InChI=1S/C27H35F3N4O3S/c28-27(29,30)20-5-3-4-19(16-20)25(36)31-17-24(35)33-21-10-15-34(18-21)22-7-12-26(37,13-8-22)11-2-1-6-23-9-14-32-38-23/h3-5,9,14,16,21-22,37H,1-2,6-8,10-13,15,17-18H2,(H,31,36)(H,33,35)/t21-,22?,26?/m1/s1. The fraction of sp³-hybridized carbons (Fsp3) is 0.593. The second-order valence-electron chi connectivity index (χ2n) is 10.5. The number of hydrogen-bond acceptors (Lipinski definition) is 6. The lowest BCUT2D eigenvalue weighted by Gasteiger charge is -2.39. The molecule has 1 atom stereocenters. The minimum Gasteiger partial charge on any atom is -0.390 e. The van der Waals surface area contributed by atoms with Crippen LogP contribution in [0.3, 0.4) is 0 Å². The molecular weight excluding hydrogens is 517 g/mol. The minimum absolute atomic E-state index is 0.0412. The maximum absolute atomic E-state index is 12.9. The summed E-state index contributed by atoms with van der Waals surface area (Å²) in [6.07, 6.45) is 5.41. The Morgan fingerprint density at radius 3 is 2.66 bits per heavy atom. The van der Waals surface area contributed by atoms with Crippen LogP contribution in [0.2, 0.25) is 0 Å². The first-order valence-electron chi connectivity index (χ1n) is 13.2. The van der Waals surface area contributed by atoms with Crippen LogP contribution < -0.4 is 10.6 Å². The molecule has 2 heterocycles. The topological polar surface area (TPSA) is 94.6 Å². The second-order valence-corrected chi connectivity index (χ2v) is 11.4. The van der Waals surface area contributed by atoms with Crippen LogP contribution in [-0.4, -0.2) is 63.5 Å². The maximum atomic E-state index is 12.9. The summed E-state index contributed by atoms with van der Waals surface area (Å²) in [6.45, 7) is 1.27. The number of carbonyl (C=O) groups is 2. The first-order valence-corrected chi connectivity index (χ1v) is 14.0. The van der Waals surface area contributed by atoms with Crippen LogP contribution in [-0.2, 0) is 17.4 Å². The highest BCUT2D eigenvalue weighted by atomic mass is 32.1. The Morgan fingerprint density at radius 1 is 1.16 bits per heavy atom. The highest BCUT2D eigenvalue weighted by molar-refractivity contribution is 7.05. The number of carbonyl (C=O) groups excluding carboxylic acids is 2. The Hall–Kier alpha value is -2.50. The molecular formula is C27H35F3N4O3S. The normalized spacial score (nSPS) is 24.3. The molecule has 3 N–H and O–H groups in total. The molecule has 38 heavy (non-hydrogen) atoms. The van der Waals surface area contributed by atoms with Crippen LogP contribution in [0.25, 0.3) is 0 Å². The molecule has 7 nitrogen and oxygen atoms in total. The van der Waals surface area contributed by atoms with Gasteiger partial charge < -0.3 is 15.7 Å². The molecule has 0 unspecified atom stereocenters. The fourth-order valence-electron chi connectivity index (χ4n) is 5.49. The van der Waals surface area contributed by atoms with Crippen LogP contribution in [0.5, 0.6) is 0 Å². The van der Waals surface area contributed by atoms with Crippen molar-refractivity contribution in [3.8, 4) is 0 Å². The number of likely N-dealkylation sites (tertiary alicyclic amines) is 1. The number of alkyl halides is 3. The molecule has 11 heteroatoms. The summed E-state index contributed by atoms with van der Waals surface area (Å²) >= 11 is 1.53. The van der Waals surface area contributed by atoms with Crippen molar-refractivity contribution < 1.29 is 27.9 Å². The fourth-order valence-corrected chi connectivity index (χ4v) is 6.11. The average molecular weight is 553 g/mol. The van der Waals surface area contributed by atoms with Gasteiger partial charge in [-0.3, -0.25) is 14.5 Å². The van der Waals surface area contributed by atoms with E-state index in [1.807, 2.05) is 12.3 Å². The number of halogens is 3. The quantitative estimate of drug-likeness (QED) is 0.385. The van der Waals surface area contributed by atoms with Gasteiger partial charge >= 0.3 is 6.18 Å². The number of aromatic nitrogens is 1. The number of rotatable bonds is 10. The zero-order chi connectivity index (χ0) is 27.2. The maximum Gasteiger partial charge on any atom is 0.416 e. The summed E-state index contributed by atoms with van der Waals surface area (Å²) in [5, 5.41) is 16.4. The average Bonchev–Trinajstić information content (AvgIpc) is 3.58. The Morgan fingerprint density at radius 2 is 1.95 bits per heavy atom. The summed E-state index contributed by atoms with van der Waals surface area (Å²) in [5.74, 6) is -1.09. The lowest BCUT2D eigenvalue weighted by molar-refractivity contribution is -0.137. The van der Waals surface area contributed by atoms with Crippen molar-refractivity contribution in [2.24, 2.45) is 0 Å². The predicted octanol–water partition coefficient (Wildman–Crippen LogP) is 4.17. The molecule has 2 amide bonds. The lowest BCUT2D eigenvalue weighted by atomic mass is 9.78. The molecule has 1 saturated carbocycles. The summed E-state index contributed by atoms with van der Waals surface area (Å²) in [4.78, 5) is 28.3. The third-order valence-corrected chi connectivity index (χ3v) is 8.46. The molecule has 4 rings (SSSR count). The van der Waals surface area contributed by atoms with E-state index in [-0.39, 0.29) is 24.1 Å². The van der Waals surface area contributed by atoms with Crippen LogP contribution in [0, 0.1) is 0 Å². The van der Waals surface area contributed by atoms with Crippen molar-refractivity contribution in [1.29, 1.82) is 0 Å². The molecule has 1 aromatic heterocycles. The van der Waals surface area contributed by atoms with Gasteiger partial charge in [-0.05, 0) is 87.2 Å². The molecule has 0 bridgehead atoms. The first-order chi connectivity index (χ1) is 18.1. The summed E-state index contributed by atoms with van der Waals surface area (Å²) in [5.41, 5.74) is -1.64. The number of benzene rings is 1. The van der Waals surface area contributed by atoms with E-state index in [4.69, 9.17) is 0 Å². The van der Waals surface area contributed by atoms with E-state index in [1.165, 1.54) is 28.5 Å². The predicted molar refractivity (Wildman–Crippen MR) is 139 cm³/mol. The largest absolute Gasteiger partial charge is 0.416 e. The molecule has 208 valence electrons. The van der Waals surface area contributed by atoms with Gasteiger partial charge in [0, 0.05) is 41.8 Å².